The summed E-state index contributed by atoms with van der Waals surface area (Å²) in [6.45, 7) is 3.67. The highest BCUT2D eigenvalue weighted by Crippen LogP contribution is 2.20. The van der Waals surface area contributed by atoms with E-state index in [1.54, 1.807) is 37.4 Å². The number of carbonyl (C=O) groups is 1. The summed E-state index contributed by atoms with van der Waals surface area (Å²) in [5.41, 5.74) is 1.98. The molecule has 0 radical (unpaired) electrons. The molecule has 0 bridgehead atoms. The molecule has 0 aliphatic heterocycles. The summed E-state index contributed by atoms with van der Waals surface area (Å²) in [5.74, 6) is -0.153. The maximum atomic E-state index is 12.1. The van der Waals surface area contributed by atoms with Crippen molar-refractivity contribution in [1.82, 2.24) is 9.97 Å². The summed E-state index contributed by atoms with van der Waals surface area (Å²) in [6, 6.07) is 10.7. The van der Waals surface area contributed by atoms with Gasteiger partial charge in [-0.15, -0.1) is 0 Å². The molecule has 2 rings (SSSR count). The third-order valence-electron chi connectivity index (χ3n) is 2.68. The highest BCUT2D eigenvalue weighted by Gasteiger charge is 2.16. The molecule has 1 aromatic heterocycles. The first kappa shape index (κ1) is 15.0. The van der Waals surface area contributed by atoms with Crippen LogP contribution in [0.15, 0.2) is 41.7 Å². The van der Waals surface area contributed by atoms with Crippen LogP contribution in [-0.2, 0) is 4.79 Å². The van der Waals surface area contributed by atoms with Crippen LogP contribution < -0.4 is 5.32 Å². The zero-order valence-electron chi connectivity index (χ0n) is 11.7. The van der Waals surface area contributed by atoms with Gasteiger partial charge in [0.1, 0.15) is 0 Å². The highest BCUT2D eigenvalue weighted by atomic mass is 32.2. The Balaban J connectivity index is 2.01. The molecule has 1 aromatic carbocycles. The molecule has 0 aliphatic rings. The first-order valence-corrected chi connectivity index (χ1v) is 7.24. The lowest BCUT2D eigenvalue weighted by atomic mass is 10.2. The van der Waals surface area contributed by atoms with Crippen molar-refractivity contribution in [2.24, 2.45) is 0 Å². The van der Waals surface area contributed by atoms with Crippen molar-refractivity contribution < 1.29 is 4.79 Å². The quantitative estimate of drug-likeness (QED) is 0.693. The maximum Gasteiger partial charge on any atom is 0.237 e. The van der Waals surface area contributed by atoms with Crippen LogP contribution in [0.25, 0.3) is 0 Å². The molecule has 21 heavy (non-hydrogen) atoms. The van der Waals surface area contributed by atoms with E-state index < -0.39 is 0 Å². The molecule has 1 heterocycles. The van der Waals surface area contributed by atoms with Crippen LogP contribution in [0.2, 0.25) is 0 Å². The molecule has 0 saturated carbocycles. The van der Waals surface area contributed by atoms with Gasteiger partial charge >= 0.3 is 0 Å². The fourth-order valence-corrected chi connectivity index (χ4v) is 2.41. The van der Waals surface area contributed by atoms with Crippen LogP contribution in [0.5, 0.6) is 0 Å². The minimum Gasteiger partial charge on any atom is -0.325 e. The van der Waals surface area contributed by atoms with E-state index in [2.05, 4.69) is 15.3 Å². The lowest BCUT2D eigenvalue weighted by molar-refractivity contribution is -0.115. The first-order valence-electron chi connectivity index (χ1n) is 6.36. The summed E-state index contributed by atoms with van der Waals surface area (Å²) in [7, 11) is 0. The molecule has 0 fully saturated rings. The van der Waals surface area contributed by atoms with Gasteiger partial charge in [0.05, 0.1) is 16.9 Å². The van der Waals surface area contributed by atoms with Gasteiger partial charge in [-0.25, -0.2) is 9.97 Å². The number of hydrogen-bond acceptors (Lipinski definition) is 5. The Kier molecular flexibility index (Phi) is 4.90. The second kappa shape index (κ2) is 6.86. The number of carbonyl (C=O) groups excluding carboxylic acids is 1. The fraction of sp³-hybridized carbons (Fsp3) is 0.200. The average Bonchev–Trinajstić information content (AvgIpc) is 2.47. The SMILES string of the molecule is Cc1ccnc(SC(C)C(=O)Nc2cccc(C#N)c2)n1. The number of amides is 1. The Labute approximate surface area is 127 Å². The second-order valence-corrected chi connectivity index (χ2v) is 5.73. The molecule has 0 spiro atoms. The predicted molar refractivity (Wildman–Crippen MR) is 81.9 cm³/mol. The third-order valence-corrected chi connectivity index (χ3v) is 3.66. The Hall–Kier alpha value is -2.39. The van der Waals surface area contributed by atoms with E-state index in [1.165, 1.54) is 11.8 Å². The van der Waals surface area contributed by atoms with Crippen LogP contribution in [0.1, 0.15) is 18.2 Å². The number of nitrogens with zero attached hydrogens (tertiary/aromatic N) is 3. The van der Waals surface area contributed by atoms with E-state index in [4.69, 9.17) is 5.26 Å². The number of nitriles is 1. The van der Waals surface area contributed by atoms with Gasteiger partial charge in [0, 0.05) is 17.6 Å². The lowest BCUT2D eigenvalue weighted by Gasteiger charge is -2.11. The summed E-state index contributed by atoms with van der Waals surface area (Å²) < 4.78 is 0. The Bertz CT molecular complexity index is 696. The number of hydrogen-bond donors (Lipinski definition) is 1. The van der Waals surface area contributed by atoms with E-state index in [0.29, 0.717) is 16.4 Å². The Morgan fingerprint density at radius 1 is 1.43 bits per heavy atom. The summed E-state index contributed by atoms with van der Waals surface area (Å²) in [6.07, 6.45) is 1.67. The van der Waals surface area contributed by atoms with Gasteiger partial charge in [0.25, 0.3) is 0 Å². The number of thioether (sulfide) groups is 1. The number of aryl methyl sites for hydroxylation is 1. The van der Waals surface area contributed by atoms with Crippen molar-refractivity contribution >= 4 is 23.4 Å². The number of rotatable bonds is 4. The Morgan fingerprint density at radius 2 is 2.24 bits per heavy atom. The molecule has 1 unspecified atom stereocenters. The predicted octanol–water partition coefficient (Wildman–Crippen LogP) is 2.78. The molecule has 2 aromatic rings. The summed E-state index contributed by atoms with van der Waals surface area (Å²) >= 11 is 1.30. The molecule has 1 N–H and O–H groups in total. The van der Waals surface area contributed by atoms with Crippen LogP contribution in [0, 0.1) is 18.3 Å². The van der Waals surface area contributed by atoms with Crippen molar-refractivity contribution in [3.63, 3.8) is 0 Å². The van der Waals surface area contributed by atoms with Crippen molar-refractivity contribution in [3.8, 4) is 6.07 Å². The number of nitrogens with one attached hydrogen (secondary N) is 1. The first-order chi connectivity index (χ1) is 10.1. The molecule has 5 nitrogen and oxygen atoms in total. The van der Waals surface area contributed by atoms with Crippen molar-refractivity contribution in [2.45, 2.75) is 24.3 Å². The zero-order chi connectivity index (χ0) is 15.2. The molecule has 1 atom stereocenters. The molecule has 0 aliphatic carbocycles. The van der Waals surface area contributed by atoms with Crippen LogP contribution >= 0.6 is 11.8 Å². The molecular weight excluding hydrogens is 284 g/mol. The minimum atomic E-state index is -0.336. The average molecular weight is 298 g/mol. The van der Waals surface area contributed by atoms with Crippen molar-refractivity contribution in [2.75, 3.05) is 5.32 Å². The maximum absolute atomic E-state index is 12.1. The molecule has 1 amide bonds. The van der Waals surface area contributed by atoms with Gasteiger partial charge in [-0.3, -0.25) is 4.79 Å². The molecular formula is C15H14N4OS. The van der Waals surface area contributed by atoms with Crippen molar-refractivity contribution in [3.05, 3.63) is 47.8 Å². The van der Waals surface area contributed by atoms with Crippen LogP contribution in [0.4, 0.5) is 5.69 Å². The molecule has 106 valence electrons. The number of aromatic nitrogens is 2. The van der Waals surface area contributed by atoms with Crippen LogP contribution in [0.3, 0.4) is 0 Å². The Morgan fingerprint density at radius 3 is 2.95 bits per heavy atom. The second-order valence-electron chi connectivity index (χ2n) is 4.42. The highest BCUT2D eigenvalue weighted by molar-refractivity contribution is 8.00. The topological polar surface area (TPSA) is 78.7 Å². The fourth-order valence-electron chi connectivity index (χ4n) is 1.60. The molecule has 0 saturated heterocycles. The summed E-state index contributed by atoms with van der Waals surface area (Å²) in [4.78, 5) is 20.5. The van der Waals surface area contributed by atoms with E-state index in [1.807, 2.05) is 19.1 Å². The van der Waals surface area contributed by atoms with Crippen LogP contribution in [-0.4, -0.2) is 21.1 Å². The third kappa shape index (κ3) is 4.29. The van der Waals surface area contributed by atoms with Gasteiger partial charge in [-0.05, 0) is 38.1 Å². The minimum absolute atomic E-state index is 0.153. The summed E-state index contributed by atoms with van der Waals surface area (Å²) in [5, 5.41) is 11.9. The van der Waals surface area contributed by atoms with Gasteiger partial charge in [0.2, 0.25) is 5.91 Å². The smallest absolute Gasteiger partial charge is 0.237 e. The zero-order valence-corrected chi connectivity index (χ0v) is 12.5. The van der Waals surface area contributed by atoms with E-state index in [0.717, 1.165) is 5.69 Å². The molecule has 6 heteroatoms. The van der Waals surface area contributed by atoms with E-state index in [9.17, 15) is 4.79 Å². The van der Waals surface area contributed by atoms with Gasteiger partial charge in [-0.1, -0.05) is 17.8 Å². The largest absolute Gasteiger partial charge is 0.325 e. The van der Waals surface area contributed by atoms with Gasteiger partial charge in [0.15, 0.2) is 5.16 Å². The number of anilines is 1. The monoisotopic (exact) mass is 298 g/mol. The normalized spacial score (nSPS) is 11.5. The van der Waals surface area contributed by atoms with Gasteiger partial charge < -0.3 is 5.32 Å². The lowest BCUT2D eigenvalue weighted by Crippen LogP contribution is -2.22. The van der Waals surface area contributed by atoms with E-state index in [-0.39, 0.29) is 11.2 Å². The van der Waals surface area contributed by atoms with E-state index >= 15 is 0 Å². The van der Waals surface area contributed by atoms with Gasteiger partial charge in [-0.2, -0.15) is 5.26 Å². The standard InChI is InChI=1S/C15H14N4OS/c1-10-6-7-17-15(18-10)21-11(2)14(20)19-13-5-3-4-12(8-13)9-16/h3-8,11H,1-2H3,(H,19,20). The van der Waals surface area contributed by atoms with Crippen molar-refractivity contribution in [1.29, 1.82) is 5.26 Å². The number of benzene rings is 1.